The molecule has 0 N–H and O–H groups in total. The molecular formula is C21H32BFN2O4. The van der Waals surface area contributed by atoms with Crippen molar-refractivity contribution in [3.05, 3.63) is 24.0 Å². The lowest BCUT2D eigenvalue weighted by molar-refractivity contribution is 0.00578. The highest BCUT2D eigenvalue weighted by Gasteiger charge is 2.51. The molecule has 0 aromatic heterocycles. The summed E-state index contributed by atoms with van der Waals surface area (Å²) in [5.74, 6) is -0.940. The zero-order chi connectivity index (χ0) is 28.8. The topological polar surface area (TPSA) is 51.2 Å². The van der Waals surface area contributed by atoms with Crippen LogP contribution in [0.3, 0.4) is 0 Å². The van der Waals surface area contributed by atoms with E-state index in [9.17, 15) is 9.18 Å². The van der Waals surface area contributed by atoms with Gasteiger partial charge in [0.25, 0.3) is 0 Å². The molecule has 8 heteroatoms. The van der Waals surface area contributed by atoms with E-state index in [0.717, 1.165) is 18.2 Å². The minimum Gasteiger partial charge on any atom is -0.444 e. The predicted molar refractivity (Wildman–Crippen MR) is 112 cm³/mol. The Kier molecular flexibility index (Phi) is 3.48. The third kappa shape index (κ3) is 4.86. The van der Waals surface area contributed by atoms with Gasteiger partial charge in [-0.3, -0.25) is 0 Å². The second-order valence-electron chi connectivity index (χ2n) is 8.93. The maximum absolute atomic E-state index is 14.8. The molecule has 6 nitrogen and oxygen atoms in total. The quantitative estimate of drug-likeness (QED) is 0.696. The fraction of sp³-hybridized carbons (Fsp3) is 0.667. The maximum Gasteiger partial charge on any atom is 0.495 e. The van der Waals surface area contributed by atoms with Crippen LogP contribution in [0.25, 0.3) is 0 Å². The zero-order valence-electron chi connectivity index (χ0n) is 25.7. The third-order valence-corrected chi connectivity index (χ3v) is 4.81. The van der Waals surface area contributed by atoms with E-state index in [4.69, 9.17) is 25.0 Å². The summed E-state index contributed by atoms with van der Waals surface area (Å²) in [7, 11) is -1.12. The lowest BCUT2D eigenvalue weighted by atomic mass is 9.78. The number of amides is 1. The summed E-state index contributed by atoms with van der Waals surface area (Å²) in [6.07, 6.45) is -1.59. The number of anilines is 1. The summed E-state index contributed by atoms with van der Waals surface area (Å²) in [5.41, 5.74) is -3.28. The van der Waals surface area contributed by atoms with E-state index in [1.54, 1.807) is 27.7 Å². The van der Waals surface area contributed by atoms with Crippen LogP contribution in [0.15, 0.2) is 18.2 Å². The summed E-state index contributed by atoms with van der Waals surface area (Å²) in [4.78, 5) is 12.8. The average molecular weight is 414 g/mol. The lowest BCUT2D eigenvalue weighted by Gasteiger charge is -2.37. The van der Waals surface area contributed by atoms with Crippen molar-refractivity contribution >= 4 is 24.4 Å². The highest BCUT2D eigenvalue weighted by Crippen LogP contribution is 2.36. The van der Waals surface area contributed by atoms with E-state index in [0.29, 0.717) is 0 Å². The van der Waals surface area contributed by atoms with Crippen molar-refractivity contribution in [3.63, 3.8) is 0 Å². The number of hydrogen-bond acceptors (Lipinski definition) is 5. The molecule has 0 unspecified atom stereocenters. The van der Waals surface area contributed by atoms with Crippen LogP contribution in [0.4, 0.5) is 14.9 Å². The van der Waals surface area contributed by atoms with Crippen LogP contribution in [0, 0.1) is 5.82 Å². The summed E-state index contributed by atoms with van der Waals surface area (Å²) in [5, 5.41) is 0. The fourth-order valence-electron chi connectivity index (χ4n) is 2.62. The number of piperazine rings is 1. The molecule has 29 heavy (non-hydrogen) atoms. The molecule has 0 atom stereocenters. The van der Waals surface area contributed by atoms with Crippen LogP contribution < -0.4 is 10.4 Å². The average Bonchev–Trinajstić information content (AvgIpc) is 2.85. The van der Waals surface area contributed by atoms with E-state index in [1.165, 1.54) is 20.8 Å². The monoisotopic (exact) mass is 414 g/mol. The van der Waals surface area contributed by atoms with Crippen LogP contribution in [-0.2, 0) is 14.0 Å². The number of nitrogens with zero attached hydrogens (tertiary/aromatic N) is 2. The van der Waals surface area contributed by atoms with Gasteiger partial charge in [0, 0.05) is 31.7 Å². The van der Waals surface area contributed by atoms with Crippen molar-refractivity contribution in [3.8, 4) is 0 Å². The second kappa shape index (κ2) is 7.47. The Hall–Kier alpha value is -1.80. The Morgan fingerprint density at radius 1 is 1.10 bits per heavy atom. The fourth-order valence-corrected chi connectivity index (χ4v) is 2.62. The Morgan fingerprint density at radius 3 is 2.17 bits per heavy atom. The molecule has 0 spiro atoms. The normalized spacial score (nSPS) is 32.5. The van der Waals surface area contributed by atoms with Gasteiger partial charge in [-0.1, -0.05) is 0 Å². The largest absolute Gasteiger partial charge is 0.495 e. The molecule has 0 aliphatic carbocycles. The van der Waals surface area contributed by atoms with E-state index in [1.807, 2.05) is 0 Å². The predicted octanol–water partition coefficient (Wildman–Crippen LogP) is 3.18. The molecule has 160 valence electrons. The van der Waals surface area contributed by atoms with Gasteiger partial charge in [-0.2, -0.15) is 0 Å². The van der Waals surface area contributed by atoms with Gasteiger partial charge < -0.3 is 23.8 Å². The first-order valence-corrected chi connectivity index (χ1v) is 9.29. The summed E-state index contributed by atoms with van der Waals surface area (Å²) in [6.45, 7) is -2.35. The van der Waals surface area contributed by atoms with E-state index < -0.39 is 67.5 Å². The van der Waals surface area contributed by atoms with E-state index in [2.05, 4.69) is 0 Å². The molecule has 2 heterocycles. The number of rotatable bonds is 2. The van der Waals surface area contributed by atoms with E-state index >= 15 is 0 Å². The minimum absolute atomic E-state index is 0.0518. The SMILES string of the molecule is [2H]C1([2H])N(C(=O)OC(C)(C)C)C([2H])([2H])C([2H])([2H])N(c2cc(F)cc(B3OC(C)(C)C(C)(C)O3)c2)C1([2H])[2H]. The minimum atomic E-state index is -3.47. The summed E-state index contributed by atoms with van der Waals surface area (Å²) in [6, 6.07) is 2.95. The second-order valence-corrected chi connectivity index (χ2v) is 8.93. The first kappa shape index (κ1) is 13.5. The summed E-state index contributed by atoms with van der Waals surface area (Å²) >= 11 is 0. The van der Waals surface area contributed by atoms with Gasteiger partial charge in [-0.05, 0) is 72.1 Å². The van der Waals surface area contributed by atoms with Crippen molar-refractivity contribution in [1.29, 1.82) is 0 Å². The molecular weight excluding hydrogens is 374 g/mol. The first-order valence-electron chi connectivity index (χ1n) is 13.3. The zero-order valence-corrected chi connectivity index (χ0v) is 17.7. The van der Waals surface area contributed by atoms with Crippen molar-refractivity contribution in [1.82, 2.24) is 4.90 Å². The maximum atomic E-state index is 14.8. The molecule has 2 aliphatic heterocycles. The number of carbonyl (C=O) groups excluding carboxylic acids is 1. The Balaban J connectivity index is 2.16. The molecule has 0 radical (unpaired) electrons. The molecule has 0 saturated carbocycles. The Bertz CT molecular complexity index is 1050. The number of ether oxygens (including phenoxy) is 1. The molecule has 1 amide bonds. The molecule has 3 rings (SSSR count). The van der Waals surface area contributed by atoms with Gasteiger partial charge in [-0.25, -0.2) is 9.18 Å². The van der Waals surface area contributed by atoms with Crippen LogP contribution in [0.2, 0.25) is 0 Å². The lowest BCUT2D eigenvalue weighted by Crippen LogP contribution is -2.50. The van der Waals surface area contributed by atoms with Crippen molar-refractivity contribution in [2.45, 2.75) is 65.3 Å². The Morgan fingerprint density at radius 2 is 1.66 bits per heavy atom. The molecule has 2 aliphatic rings. The van der Waals surface area contributed by atoms with Crippen LogP contribution in [-0.4, -0.2) is 60.9 Å². The highest BCUT2D eigenvalue weighted by atomic mass is 19.1. The van der Waals surface area contributed by atoms with Gasteiger partial charge >= 0.3 is 13.2 Å². The van der Waals surface area contributed by atoms with Gasteiger partial charge in [-0.15, -0.1) is 0 Å². The standard InChI is InChI=1S/C21H32BFN2O4/c1-19(2,3)27-18(26)25-10-8-24(9-11-25)17-13-15(12-16(23)14-17)22-28-20(4,5)21(6,7)29-22/h12-14H,8-11H2,1-7H3/i8D2,9D2,10D2,11D2. The molecule has 1 aromatic rings. The number of halogens is 1. The van der Waals surface area contributed by atoms with Gasteiger partial charge in [0.1, 0.15) is 11.4 Å². The van der Waals surface area contributed by atoms with Crippen LogP contribution in [0.5, 0.6) is 0 Å². The van der Waals surface area contributed by atoms with Gasteiger partial charge in [0.15, 0.2) is 0 Å². The number of benzene rings is 1. The van der Waals surface area contributed by atoms with E-state index in [-0.39, 0.29) is 15.3 Å². The number of carbonyl (C=O) groups is 1. The smallest absolute Gasteiger partial charge is 0.444 e. The Labute approximate surface area is 184 Å². The molecule has 2 fully saturated rings. The van der Waals surface area contributed by atoms with Crippen LogP contribution in [0.1, 0.15) is 59.4 Å². The van der Waals surface area contributed by atoms with Crippen molar-refractivity contribution in [2.24, 2.45) is 0 Å². The summed E-state index contributed by atoms with van der Waals surface area (Å²) < 4.78 is 99.8. The third-order valence-electron chi connectivity index (χ3n) is 4.81. The van der Waals surface area contributed by atoms with Gasteiger partial charge in [0.2, 0.25) is 0 Å². The molecule has 1 aromatic carbocycles. The van der Waals surface area contributed by atoms with Crippen LogP contribution >= 0.6 is 0 Å². The molecule has 2 saturated heterocycles. The van der Waals surface area contributed by atoms with Gasteiger partial charge in [0.05, 0.1) is 22.2 Å². The molecule has 0 bridgehead atoms. The van der Waals surface area contributed by atoms with Crippen molar-refractivity contribution in [2.75, 3.05) is 30.9 Å². The first-order chi connectivity index (χ1) is 16.3. The highest BCUT2D eigenvalue weighted by molar-refractivity contribution is 6.62. The van der Waals surface area contributed by atoms with Crippen molar-refractivity contribution < 1.29 is 34.2 Å². The number of hydrogen-bond donors (Lipinski definition) is 0.